The third-order valence-electron chi connectivity index (χ3n) is 3.33. The Morgan fingerprint density at radius 3 is 2.62 bits per heavy atom. The van der Waals surface area contributed by atoms with Gasteiger partial charge in [0.1, 0.15) is 12.4 Å². The van der Waals surface area contributed by atoms with Gasteiger partial charge in [-0.25, -0.2) is 4.39 Å². The summed E-state index contributed by atoms with van der Waals surface area (Å²) in [6, 6.07) is 4.74. The Kier molecular flexibility index (Phi) is 4.89. The average molecular weight is 314 g/mol. The maximum absolute atomic E-state index is 13.9. The lowest BCUT2D eigenvalue weighted by molar-refractivity contribution is -0.142. The topological polar surface area (TPSA) is 29.5 Å². The minimum absolute atomic E-state index is 0.00602. The monoisotopic (exact) mass is 313 g/mol. The molecule has 1 aromatic rings. The Hall–Kier alpha value is -1.13. The number of halogens is 2. The van der Waals surface area contributed by atoms with E-state index in [1.165, 1.54) is 6.07 Å². The van der Waals surface area contributed by atoms with Crippen LogP contribution in [0.4, 0.5) is 4.39 Å². The van der Waals surface area contributed by atoms with Crippen LogP contribution in [0.2, 0.25) is 5.02 Å². The van der Waals surface area contributed by atoms with Crippen LogP contribution in [0.15, 0.2) is 18.2 Å². The first-order valence-corrected chi connectivity index (χ1v) is 7.52. The van der Waals surface area contributed by atoms with Crippen molar-refractivity contribution in [2.45, 2.75) is 51.8 Å². The van der Waals surface area contributed by atoms with Crippen molar-refractivity contribution in [3.8, 4) is 0 Å². The Morgan fingerprint density at radius 1 is 1.43 bits per heavy atom. The molecule has 0 bridgehead atoms. The van der Waals surface area contributed by atoms with Gasteiger partial charge in [0, 0.05) is 16.6 Å². The molecule has 0 aliphatic heterocycles. The average Bonchev–Trinajstić information content (AvgIpc) is 3.19. The van der Waals surface area contributed by atoms with Gasteiger partial charge in [0.2, 0.25) is 5.91 Å². The Bertz CT molecular complexity index is 503. The minimum atomic E-state index is -0.377. The van der Waals surface area contributed by atoms with Crippen molar-refractivity contribution in [2.24, 2.45) is 0 Å². The van der Waals surface area contributed by atoms with E-state index in [2.05, 4.69) is 0 Å². The summed E-state index contributed by atoms with van der Waals surface area (Å²) in [5.74, 6) is -0.496. The highest BCUT2D eigenvalue weighted by Crippen LogP contribution is 2.31. The summed E-state index contributed by atoms with van der Waals surface area (Å²) >= 11 is 6.04. The van der Waals surface area contributed by atoms with Gasteiger partial charge < -0.3 is 9.64 Å². The van der Waals surface area contributed by atoms with Gasteiger partial charge in [0.25, 0.3) is 0 Å². The molecule has 116 valence electrons. The van der Waals surface area contributed by atoms with Gasteiger partial charge in [-0.05, 0) is 45.7 Å². The third kappa shape index (κ3) is 4.68. The number of hydrogen-bond donors (Lipinski definition) is 0. The molecule has 5 heteroatoms. The van der Waals surface area contributed by atoms with E-state index in [4.69, 9.17) is 16.3 Å². The highest BCUT2D eigenvalue weighted by molar-refractivity contribution is 6.31. The molecule has 2 rings (SSSR count). The van der Waals surface area contributed by atoms with Gasteiger partial charge >= 0.3 is 0 Å². The quantitative estimate of drug-likeness (QED) is 0.828. The number of ether oxygens (including phenoxy) is 1. The molecule has 0 radical (unpaired) electrons. The molecular weight excluding hydrogens is 293 g/mol. The van der Waals surface area contributed by atoms with Crippen LogP contribution in [0.1, 0.15) is 39.2 Å². The van der Waals surface area contributed by atoms with Crippen LogP contribution >= 0.6 is 11.6 Å². The van der Waals surface area contributed by atoms with E-state index in [-0.39, 0.29) is 36.5 Å². The van der Waals surface area contributed by atoms with Gasteiger partial charge in [-0.15, -0.1) is 0 Å². The van der Waals surface area contributed by atoms with Crippen LogP contribution in [0.25, 0.3) is 0 Å². The zero-order valence-corrected chi connectivity index (χ0v) is 13.4. The molecule has 1 saturated carbocycles. The van der Waals surface area contributed by atoms with Crippen LogP contribution in [0.3, 0.4) is 0 Å². The van der Waals surface area contributed by atoms with Crippen molar-refractivity contribution >= 4 is 17.5 Å². The van der Waals surface area contributed by atoms with E-state index in [0.717, 1.165) is 12.8 Å². The molecular formula is C16H21ClFNO2. The lowest BCUT2D eigenvalue weighted by Crippen LogP contribution is -2.37. The fourth-order valence-electron chi connectivity index (χ4n) is 2.02. The number of carbonyl (C=O) groups is 1. The fraction of sp³-hybridized carbons (Fsp3) is 0.562. The molecule has 0 heterocycles. The molecule has 1 aliphatic rings. The van der Waals surface area contributed by atoms with Crippen molar-refractivity contribution in [1.29, 1.82) is 0 Å². The number of rotatable bonds is 5. The predicted molar refractivity (Wildman–Crippen MR) is 80.7 cm³/mol. The fourth-order valence-corrected chi connectivity index (χ4v) is 2.24. The van der Waals surface area contributed by atoms with Gasteiger partial charge in [0.15, 0.2) is 0 Å². The second-order valence-electron chi connectivity index (χ2n) is 6.35. The van der Waals surface area contributed by atoms with Gasteiger partial charge in [0.05, 0.1) is 12.1 Å². The first-order chi connectivity index (χ1) is 9.78. The van der Waals surface area contributed by atoms with Crippen molar-refractivity contribution in [3.05, 3.63) is 34.6 Å². The largest absolute Gasteiger partial charge is 0.366 e. The molecule has 0 aromatic heterocycles. The second kappa shape index (κ2) is 6.32. The van der Waals surface area contributed by atoms with Crippen LogP contribution < -0.4 is 0 Å². The SMILES string of the molecule is CC(C)(C)OCC(=O)N(Cc1c(F)cccc1Cl)C1CC1. The summed E-state index contributed by atoms with van der Waals surface area (Å²) < 4.78 is 19.4. The predicted octanol–water partition coefficient (Wildman–Crippen LogP) is 3.79. The molecule has 0 atom stereocenters. The van der Waals surface area contributed by atoms with E-state index in [1.807, 2.05) is 20.8 Å². The highest BCUT2D eigenvalue weighted by atomic mass is 35.5. The summed E-state index contributed by atoms with van der Waals surface area (Å²) in [6.07, 6.45) is 1.90. The molecule has 1 aliphatic carbocycles. The lowest BCUT2D eigenvalue weighted by Gasteiger charge is -2.26. The van der Waals surface area contributed by atoms with E-state index in [9.17, 15) is 9.18 Å². The van der Waals surface area contributed by atoms with E-state index < -0.39 is 0 Å². The summed E-state index contributed by atoms with van der Waals surface area (Å²) in [5.41, 5.74) is -0.00395. The standard InChI is InChI=1S/C16H21ClFNO2/c1-16(2,3)21-10-15(20)19(11-7-8-11)9-12-13(17)5-4-6-14(12)18/h4-6,11H,7-10H2,1-3H3. The summed E-state index contributed by atoms with van der Waals surface area (Å²) in [6.45, 7) is 5.90. The summed E-state index contributed by atoms with van der Waals surface area (Å²) in [4.78, 5) is 14.0. The smallest absolute Gasteiger partial charge is 0.249 e. The molecule has 1 fully saturated rings. The second-order valence-corrected chi connectivity index (χ2v) is 6.76. The van der Waals surface area contributed by atoms with Crippen molar-refractivity contribution < 1.29 is 13.9 Å². The number of nitrogens with zero attached hydrogens (tertiary/aromatic N) is 1. The van der Waals surface area contributed by atoms with E-state index in [1.54, 1.807) is 17.0 Å². The third-order valence-corrected chi connectivity index (χ3v) is 3.68. The maximum Gasteiger partial charge on any atom is 0.249 e. The van der Waals surface area contributed by atoms with Crippen LogP contribution in [-0.4, -0.2) is 29.1 Å². The molecule has 0 unspecified atom stereocenters. The van der Waals surface area contributed by atoms with Crippen LogP contribution in [-0.2, 0) is 16.1 Å². The van der Waals surface area contributed by atoms with Crippen molar-refractivity contribution in [1.82, 2.24) is 4.90 Å². The first-order valence-electron chi connectivity index (χ1n) is 7.14. The summed E-state index contributed by atoms with van der Waals surface area (Å²) in [5, 5.41) is 0.352. The first kappa shape index (κ1) is 16.2. The molecule has 3 nitrogen and oxygen atoms in total. The summed E-state index contributed by atoms with van der Waals surface area (Å²) in [7, 11) is 0. The highest BCUT2D eigenvalue weighted by Gasteiger charge is 2.33. The minimum Gasteiger partial charge on any atom is -0.366 e. The number of carbonyl (C=O) groups excluding carboxylic acids is 1. The van der Waals surface area contributed by atoms with Gasteiger partial charge in [-0.3, -0.25) is 4.79 Å². The zero-order chi connectivity index (χ0) is 15.6. The Balaban J connectivity index is 2.08. The van der Waals surface area contributed by atoms with Gasteiger partial charge in [-0.2, -0.15) is 0 Å². The van der Waals surface area contributed by atoms with Crippen molar-refractivity contribution in [3.63, 3.8) is 0 Å². The normalized spacial score (nSPS) is 15.1. The van der Waals surface area contributed by atoms with E-state index >= 15 is 0 Å². The molecule has 1 aromatic carbocycles. The number of benzene rings is 1. The Morgan fingerprint density at radius 2 is 2.10 bits per heavy atom. The van der Waals surface area contributed by atoms with E-state index in [0.29, 0.717) is 10.6 Å². The lowest BCUT2D eigenvalue weighted by atomic mass is 10.2. The number of hydrogen-bond acceptors (Lipinski definition) is 2. The molecule has 0 spiro atoms. The number of amides is 1. The van der Waals surface area contributed by atoms with Crippen LogP contribution in [0.5, 0.6) is 0 Å². The molecule has 1 amide bonds. The molecule has 21 heavy (non-hydrogen) atoms. The molecule has 0 N–H and O–H groups in total. The molecule has 0 saturated heterocycles. The maximum atomic E-state index is 13.9. The van der Waals surface area contributed by atoms with Gasteiger partial charge in [-0.1, -0.05) is 17.7 Å². The Labute approximate surface area is 130 Å². The van der Waals surface area contributed by atoms with Crippen LogP contribution in [0, 0.1) is 5.82 Å². The van der Waals surface area contributed by atoms with Crippen molar-refractivity contribution in [2.75, 3.05) is 6.61 Å². The zero-order valence-electron chi connectivity index (χ0n) is 12.7.